The van der Waals surface area contributed by atoms with Crippen LogP contribution in [0.4, 0.5) is 0 Å². The second kappa shape index (κ2) is 9.32. The van der Waals surface area contributed by atoms with Crippen molar-refractivity contribution in [2.75, 3.05) is 20.4 Å². The summed E-state index contributed by atoms with van der Waals surface area (Å²) in [7, 11) is 1.69. The molecule has 2 heterocycles. The molecule has 8 nitrogen and oxygen atoms in total. The number of hydrogen-bond acceptors (Lipinski definition) is 5. The van der Waals surface area contributed by atoms with E-state index < -0.39 is 5.91 Å². The zero-order valence-corrected chi connectivity index (χ0v) is 16.6. The van der Waals surface area contributed by atoms with E-state index in [2.05, 4.69) is 15.6 Å². The van der Waals surface area contributed by atoms with Gasteiger partial charge in [0.2, 0.25) is 6.79 Å². The number of ether oxygens (including phenoxy) is 2. The summed E-state index contributed by atoms with van der Waals surface area (Å²) in [5.74, 6) is 2.36. The Morgan fingerprint density at radius 2 is 2.00 bits per heavy atom. The largest absolute Gasteiger partial charge is 0.454 e. The number of nitrogens with zero attached hydrogens (tertiary/aromatic N) is 1. The molecule has 0 aliphatic carbocycles. The molecule has 0 unspecified atom stereocenters. The molecule has 0 spiro atoms. The highest BCUT2D eigenvalue weighted by atomic mass is 127. The van der Waals surface area contributed by atoms with Crippen molar-refractivity contribution < 1.29 is 18.7 Å². The van der Waals surface area contributed by atoms with Gasteiger partial charge < -0.3 is 30.3 Å². The third-order valence-electron chi connectivity index (χ3n) is 3.70. The number of benzene rings is 1. The van der Waals surface area contributed by atoms with Gasteiger partial charge in [-0.15, -0.1) is 24.0 Å². The van der Waals surface area contributed by atoms with Gasteiger partial charge in [0.1, 0.15) is 5.76 Å². The molecule has 9 heteroatoms. The third-order valence-corrected chi connectivity index (χ3v) is 3.70. The van der Waals surface area contributed by atoms with Crippen LogP contribution in [0.1, 0.15) is 21.9 Å². The molecule has 26 heavy (non-hydrogen) atoms. The lowest BCUT2D eigenvalue weighted by Gasteiger charge is -2.11. The molecule has 0 fully saturated rings. The van der Waals surface area contributed by atoms with Gasteiger partial charge in [0.25, 0.3) is 5.91 Å². The van der Waals surface area contributed by atoms with E-state index in [1.54, 1.807) is 19.2 Å². The van der Waals surface area contributed by atoms with Gasteiger partial charge in [0, 0.05) is 13.6 Å². The average molecular weight is 472 g/mol. The predicted molar refractivity (Wildman–Crippen MR) is 107 cm³/mol. The van der Waals surface area contributed by atoms with Gasteiger partial charge in [-0.3, -0.25) is 9.79 Å². The van der Waals surface area contributed by atoms with Crippen molar-refractivity contribution in [1.82, 2.24) is 10.6 Å². The molecule has 0 radical (unpaired) electrons. The number of primary amides is 1. The Balaban J connectivity index is 0.00000243. The topological polar surface area (TPSA) is 111 Å². The minimum absolute atomic E-state index is 0. The normalized spacial score (nSPS) is 12.4. The fourth-order valence-electron chi connectivity index (χ4n) is 2.42. The Labute approximate surface area is 168 Å². The fourth-order valence-corrected chi connectivity index (χ4v) is 2.42. The highest BCUT2D eigenvalue weighted by Crippen LogP contribution is 2.32. The molecule has 0 bridgehead atoms. The number of halogens is 1. The average Bonchev–Trinajstić information content (AvgIpc) is 3.26. The summed E-state index contributed by atoms with van der Waals surface area (Å²) >= 11 is 0. The minimum atomic E-state index is -0.586. The van der Waals surface area contributed by atoms with Crippen LogP contribution in [0.3, 0.4) is 0 Å². The van der Waals surface area contributed by atoms with Crippen molar-refractivity contribution in [2.45, 2.75) is 13.0 Å². The lowest BCUT2D eigenvalue weighted by molar-refractivity contribution is 0.0972. The van der Waals surface area contributed by atoms with E-state index in [0.29, 0.717) is 24.8 Å². The second-order valence-corrected chi connectivity index (χ2v) is 5.42. The Morgan fingerprint density at radius 1 is 1.19 bits per heavy atom. The van der Waals surface area contributed by atoms with E-state index in [1.165, 1.54) is 0 Å². The van der Waals surface area contributed by atoms with E-state index in [0.717, 1.165) is 23.5 Å². The Kier molecular flexibility index (Phi) is 7.13. The summed E-state index contributed by atoms with van der Waals surface area (Å²) in [5.41, 5.74) is 6.30. The van der Waals surface area contributed by atoms with Crippen LogP contribution in [0, 0.1) is 0 Å². The van der Waals surface area contributed by atoms with Crippen LogP contribution in [0.2, 0.25) is 0 Å². The molecule has 3 rings (SSSR count). The number of nitrogens with two attached hydrogens (primary N) is 1. The van der Waals surface area contributed by atoms with Gasteiger partial charge in [0.05, 0.1) is 6.54 Å². The first-order chi connectivity index (χ1) is 12.2. The van der Waals surface area contributed by atoms with E-state index in [4.69, 9.17) is 19.6 Å². The van der Waals surface area contributed by atoms with Crippen molar-refractivity contribution in [3.63, 3.8) is 0 Å². The second-order valence-electron chi connectivity index (χ2n) is 5.42. The molecule has 4 N–H and O–H groups in total. The summed E-state index contributed by atoms with van der Waals surface area (Å²) < 4.78 is 16.0. The maximum atomic E-state index is 11.0. The van der Waals surface area contributed by atoms with Crippen LogP contribution < -0.4 is 25.8 Å². The first kappa shape index (κ1) is 19.9. The molecular weight excluding hydrogens is 451 g/mol. The van der Waals surface area contributed by atoms with Crippen LogP contribution in [0.15, 0.2) is 39.7 Å². The number of guanidine groups is 1. The molecule has 1 aromatic heterocycles. The Bertz CT molecular complexity index is 791. The number of amides is 1. The quantitative estimate of drug-likeness (QED) is 0.335. The van der Waals surface area contributed by atoms with E-state index in [-0.39, 0.29) is 36.5 Å². The standard InChI is InChI=1S/C17H20N4O4.HI/c1-19-17(21-9-12-3-5-14(25-12)16(18)22)20-7-6-11-2-4-13-15(8-11)24-10-23-13;/h2-5,8H,6-7,9-10H2,1H3,(H2,18,22)(H2,19,20,21);1H. The monoisotopic (exact) mass is 472 g/mol. The number of hydrogen-bond donors (Lipinski definition) is 3. The molecule has 1 aliphatic heterocycles. The summed E-state index contributed by atoms with van der Waals surface area (Å²) in [4.78, 5) is 15.2. The predicted octanol–water partition coefficient (Wildman–Crippen LogP) is 1.63. The van der Waals surface area contributed by atoms with Gasteiger partial charge >= 0.3 is 0 Å². The van der Waals surface area contributed by atoms with Crippen LogP contribution in [-0.4, -0.2) is 32.3 Å². The number of nitrogens with one attached hydrogen (secondary N) is 2. The number of aliphatic imine (C=N–C) groups is 1. The molecule has 2 aromatic rings. The van der Waals surface area contributed by atoms with Crippen LogP contribution in [-0.2, 0) is 13.0 Å². The highest BCUT2D eigenvalue weighted by Gasteiger charge is 2.13. The van der Waals surface area contributed by atoms with Crippen LogP contribution in [0.5, 0.6) is 11.5 Å². The van der Waals surface area contributed by atoms with Crippen molar-refractivity contribution >= 4 is 35.8 Å². The Morgan fingerprint density at radius 3 is 2.73 bits per heavy atom. The van der Waals surface area contributed by atoms with Crippen molar-refractivity contribution in [3.8, 4) is 11.5 Å². The van der Waals surface area contributed by atoms with Gasteiger partial charge in [-0.05, 0) is 36.2 Å². The molecule has 0 saturated heterocycles. The maximum Gasteiger partial charge on any atom is 0.284 e. The number of fused-ring (bicyclic) bond motifs is 1. The molecular formula is C17H21IN4O4. The number of carbonyl (C=O) groups excluding carboxylic acids is 1. The third kappa shape index (κ3) is 5.04. The zero-order chi connectivity index (χ0) is 17.6. The highest BCUT2D eigenvalue weighted by molar-refractivity contribution is 14.0. The number of furan rings is 1. The van der Waals surface area contributed by atoms with E-state index >= 15 is 0 Å². The maximum absolute atomic E-state index is 11.0. The summed E-state index contributed by atoms with van der Waals surface area (Å²) in [6.45, 7) is 1.37. The lowest BCUT2D eigenvalue weighted by atomic mass is 10.1. The molecule has 1 aromatic carbocycles. The molecule has 0 atom stereocenters. The van der Waals surface area contributed by atoms with Crippen LogP contribution >= 0.6 is 24.0 Å². The van der Waals surface area contributed by atoms with Gasteiger partial charge in [0.15, 0.2) is 23.2 Å². The van der Waals surface area contributed by atoms with E-state index in [1.807, 2.05) is 18.2 Å². The zero-order valence-electron chi connectivity index (χ0n) is 14.3. The minimum Gasteiger partial charge on any atom is -0.454 e. The van der Waals surface area contributed by atoms with Gasteiger partial charge in [-0.25, -0.2) is 0 Å². The molecule has 1 aliphatic rings. The lowest BCUT2D eigenvalue weighted by Crippen LogP contribution is -2.37. The smallest absolute Gasteiger partial charge is 0.284 e. The van der Waals surface area contributed by atoms with Crippen LogP contribution in [0.25, 0.3) is 0 Å². The van der Waals surface area contributed by atoms with Crippen molar-refractivity contribution in [1.29, 1.82) is 0 Å². The molecule has 140 valence electrons. The van der Waals surface area contributed by atoms with Crippen molar-refractivity contribution in [3.05, 3.63) is 47.4 Å². The number of rotatable bonds is 6. The van der Waals surface area contributed by atoms with E-state index in [9.17, 15) is 4.79 Å². The molecule has 1 amide bonds. The molecule has 0 saturated carbocycles. The summed E-state index contributed by atoms with van der Waals surface area (Å²) in [5, 5.41) is 6.33. The Hall–Kier alpha value is -2.43. The summed E-state index contributed by atoms with van der Waals surface area (Å²) in [6, 6.07) is 9.16. The SMILES string of the molecule is CN=C(NCCc1ccc2c(c1)OCO2)NCc1ccc(C(N)=O)o1.I. The first-order valence-electron chi connectivity index (χ1n) is 7.87. The van der Waals surface area contributed by atoms with Gasteiger partial charge in [-0.1, -0.05) is 6.07 Å². The first-order valence-corrected chi connectivity index (χ1v) is 7.87. The van der Waals surface area contributed by atoms with Gasteiger partial charge in [-0.2, -0.15) is 0 Å². The van der Waals surface area contributed by atoms with Crippen molar-refractivity contribution in [2.24, 2.45) is 10.7 Å². The fraction of sp³-hybridized carbons (Fsp3) is 0.294. The summed E-state index contributed by atoms with van der Waals surface area (Å²) in [6.07, 6.45) is 0.809. The number of carbonyl (C=O) groups is 1.